The number of fused-ring (bicyclic) bond motifs is 1. The van der Waals surface area contributed by atoms with Gasteiger partial charge >= 0.3 is 5.97 Å². The zero-order chi connectivity index (χ0) is 12.4. The molecule has 0 radical (unpaired) electrons. The molecule has 0 aromatic carbocycles. The molecule has 0 unspecified atom stereocenters. The van der Waals surface area contributed by atoms with Crippen LogP contribution in [0.3, 0.4) is 0 Å². The van der Waals surface area contributed by atoms with Crippen molar-refractivity contribution in [2.45, 2.75) is 0 Å². The summed E-state index contributed by atoms with van der Waals surface area (Å²) in [6, 6.07) is 3.24. The van der Waals surface area contributed by atoms with Crippen molar-refractivity contribution < 1.29 is 18.7 Å². The molecule has 2 aromatic rings. The Morgan fingerprint density at radius 2 is 2.24 bits per heavy atom. The van der Waals surface area contributed by atoms with E-state index < -0.39 is 5.97 Å². The standard InChI is InChI=1S/C11H12N2O4/c1-13(2)10(14)6-17-11(15)8-5-9-7(12-8)3-4-16-9/h3-5,12H,6H2,1-2H3. The van der Waals surface area contributed by atoms with E-state index in [1.54, 1.807) is 20.2 Å². The number of rotatable bonds is 3. The zero-order valence-corrected chi connectivity index (χ0v) is 9.52. The van der Waals surface area contributed by atoms with Gasteiger partial charge in [0.15, 0.2) is 12.2 Å². The number of esters is 1. The summed E-state index contributed by atoms with van der Waals surface area (Å²) < 4.78 is 9.95. The molecule has 90 valence electrons. The Morgan fingerprint density at radius 3 is 2.88 bits per heavy atom. The van der Waals surface area contributed by atoms with Crippen LogP contribution in [0, 0.1) is 0 Å². The molecule has 0 fully saturated rings. The molecule has 2 rings (SSSR count). The first-order valence-electron chi connectivity index (χ1n) is 5.01. The number of aromatic nitrogens is 1. The second kappa shape index (κ2) is 4.32. The molecule has 2 heterocycles. The molecule has 0 bridgehead atoms. The normalized spacial score (nSPS) is 10.5. The molecule has 6 heteroatoms. The lowest BCUT2D eigenvalue weighted by atomic mass is 10.4. The summed E-state index contributed by atoms with van der Waals surface area (Å²) in [5.41, 5.74) is 1.57. The topological polar surface area (TPSA) is 75.5 Å². The van der Waals surface area contributed by atoms with Gasteiger partial charge in [-0.15, -0.1) is 0 Å². The minimum absolute atomic E-state index is 0.269. The Hall–Kier alpha value is -2.24. The lowest BCUT2D eigenvalue weighted by Gasteiger charge is -2.09. The second-order valence-corrected chi connectivity index (χ2v) is 3.75. The largest absolute Gasteiger partial charge is 0.463 e. The number of hydrogen-bond acceptors (Lipinski definition) is 4. The quantitative estimate of drug-likeness (QED) is 0.807. The SMILES string of the molecule is CN(C)C(=O)COC(=O)c1cc2occc2[nH]1. The number of amides is 1. The maximum absolute atomic E-state index is 11.6. The second-order valence-electron chi connectivity index (χ2n) is 3.75. The van der Waals surface area contributed by atoms with Crippen LogP contribution < -0.4 is 0 Å². The molecule has 2 aromatic heterocycles. The number of carbonyl (C=O) groups is 2. The van der Waals surface area contributed by atoms with Crippen LogP contribution in [0.5, 0.6) is 0 Å². The van der Waals surface area contributed by atoms with Crippen LogP contribution in [0.4, 0.5) is 0 Å². The fourth-order valence-electron chi connectivity index (χ4n) is 1.29. The summed E-state index contributed by atoms with van der Waals surface area (Å²) in [5.74, 6) is -0.847. The van der Waals surface area contributed by atoms with Crippen LogP contribution in [0.15, 0.2) is 22.8 Å². The fourth-order valence-corrected chi connectivity index (χ4v) is 1.29. The van der Waals surface area contributed by atoms with Crippen molar-refractivity contribution in [2.24, 2.45) is 0 Å². The first kappa shape index (κ1) is 11.3. The number of carbonyl (C=O) groups excluding carboxylic acids is 2. The third-order valence-electron chi connectivity index (χ3n) is 2.29. The molecule has 1 N–H and O–H groups in total. The Balaban J connectivity index is 2.01. The average molecular weight is 236 g/mol. The third-order valence-corrected chi connectivity index (χ3v) is 2.29. The van der Waals surface area contributed by atoms with Crippen LogP contribution in [0.2, 0.25) is 0 Å². The van der Waals surface area contributed by atoms with E-state index in [2.05, 4.69) is 4.98 Å². The molecule has 1 amide bonds. The fraction of sp³-hybridized carbons (Fsp3) is 0.273. The van der Waals surface area contributed by atoms with Gasteiger partial charge in [0.25, 0.3) is 5.91 Å². The summed E-state index contributed by atoms with van der Waals surface area (Å²) in [7, 11) is 3.19. The highest BCUT2D eigenvalue weighted by atomic mass is 16.5. The molecule has 0 aliphatic heterocycles. The summed E-state index contributed by atoms with van der Waals surface area (Å²) in [6.07, 6.45) is 1.52. The zero-order valence-electron chi connectivity index (χ0n) is 9.52. The minimum atomic E-state index is -0.577. The van der Waals surface area contributed by atoms with Crippen molar-refractivity contribution in [1.82, 2.24) is 9.88 Å². The van der Waals surface area contributed by atoms with Gasteiger partial charge in [-0.2, -0.15) is 0 Å². The van der Waals surface area contributed by atoms with Gasteiger partial charge in [0.1, 0.15) is 5.69 Å². The maximum atomic E-state index is 11.6. The molecular weight excluding hydrogens is 224 g/mol. The van der Waals surface area contributed by atoms with Gasteiger partial charge in [0.05, 0.1) is 11.8 Å². The van der Waals surface area contributed by atoms with E-state index in [1.807, 2.05) is 0 Å². The molecular formula is C11H12N2O4. The number of furan rings is 1. The number of nitrogens with zero attached hydrogens (tertiary/aromatic N) is 1. The van der Waals surface area contributed by atoms with Gasteiger partial charge in [0, 0.05) is 26.2 Å². The van der Waals surface area contributed by atoms with E-state index in [0.29, 0.717) is 5.58 Å². The molecule has 0 saturated carbocycles. The number of nitrogens with one attached hydrogen (secondary N) is 1. The van der Waals surface area contributed by atoms with Crippen LogP contribution in [-0.4, -0.2) is 42.5 Å². The Morgan fingerprint density at radius 1 is 1.47 bits per heavy atom. The average Bonchev–Trinajstić information content (AvgIpc) is 2.84. The van der Waals surface area contributed by atoms with Crippen LogP contribution in [-0.2, 0) is 9.53 Å². The Kier molecular flexibility index (Phi) is 2.86. The lowest BCUT2D eigenvalue weighted by Crippen LogP contribution is -2.27. The van der Waals surface area contributed by atoms with Crippen LogP contribution in [0.25, 0.3) is 11.1 Å². The smallest absolute Gasteiger partial charge is 0.355 e. The van der Waals surface area contributed by atoms with Crippen molar-refractivity contribution in [3.63, 3.8) is 0 Å². The molecule has 0 aliphatic carbocycles. The van der Waals surface area contributed by atoms with E-state index in [-0.39, 0.29) is 18.2 Å². The number of likely N-dealkylation sites (N-methyl/N-ethyl adjacent to an activating group) is 1. The summed E-state index contributed by atoms with van der Waals surface area (Å²) in [4.78, 5) is 27.0. The van der Waals surface area contributed by atoms with Gasteiger partial charge in [-0.05, 0) is 0 Å². The molecule has 0 spiro atoms. The monoisotopic (exact) mass is 236 g/mol. The highest BCUT2D eigenvalue weighted by Crippen LogP contribution is 2.16. The summed E-state index contributed by atoms with van der Waals surface area (Å²) >= 11 is 0. The van der Waals surface area contributed by atoms with Crippen molar-refractivity contribution >= 4 is 23.0 Å². The molecule has 0 saturated heterocycles. The van der Waals surface area contributed by atoms with Crippen molar-refractivity contribution in [3.05, 3.63) is 24.1 Å². The van der Waals surface area contributed by atoms with Crippen LogP contribution >= 0.6 is 0 Å². The molecule has 17 heavy (non-hydrogen) atoms. The summed E-state index contributed by atoms with van der Waals surface area (Å²) in [6.45, 7) is -0.272. The maximum Gasteiger partial charge on any atom is 0.355 e. The van der Waals surface area contributed by atoms with Gasteiger partial charge in [-0.25, -0.2) is 4.79 Å². The first-order chi connectivity index (χ1) is 8.08. The Bertz CT molecular complexity index is 524. The van der Waals surface area contributed by atoms with E-state index in [4.69, 9.17) is 9.15 Å². The van der Waals surface area contributed by atoms with E-state index in [1.165, 1.54) is 17.2 Å². The summed E-state index contributed by atoms with van der Waals surface area (Å²) in [5, 5.41) is 0. The van der Waals surface area contributed by atoms with Crippen molar-refractivity contribution in [1.29, 1.82) is 0 Å². The lowest BCUT2D eigenvalue weighted by molar-refractivity contribution is -0.131. The van der Waals surface area contributed by atoms with Gasteiger partial charge in [-0.1, -0.05) is 0 Å². The van der Waals surface area contributed by atoms with Gasteiger partial charge in [-0.3, -0.25) is 4.79 Å². The highest BCUT2D eigenvalue weighted by molar-refractivity contribution is 5.94. The van der Waals surface area contributed by atoms with E-state index in [9.17, 15) is 9.59 Å². The van der Waals surface area contributed by atoms with Gasteiger partial charge in [0.2, 0.25) is 0 Å². The van der Waals surface area contributed by atoms with E-state index >= 15 is 0 Å². The number of ether oxygens (including phenoxy) is 1. The predicted octanol–water partition coefficient (Wildman–Crippen LogP) is 1.01. The number of aromatic amines is 1. The number of hydrogen-bond donors (Lipinski definition) is 1. The van der Waals surface area contributed by atoms with Gasteiger partial charge < -0.3 is 19.0 Å². The minimum Gasteiger partial charge on any atom is -0.463 e. The molecule has 0 aliphatic rings. The van der Waals surface area contributed by atoms with E-state index in [0.717, 1.165) is 5.52 Å². The Labute approximate surface area is 97.1 Å². The number of H-pyrrole nitrogens is 1. The van der Waals surface area contributed by atoms with Crippen LogP contribution in [0.1, 0.15) is 10.5 Å². The van der Waals surface area contributed by atoms with Crippen molar-refractivity contribution in [3.8, 4) is 0 Å². The first-order valence-corrected chi connectivity index (χ1v) is 5.01. The van der Waals surface area contributed by atoms with Crippen molar-refractivity contribution in [2.75, 3.05) is 20.7 Å². The third kappa shape index (κ3) is 2.30. The predicted molar refractivity (Wildman–Crippen MR) is 59.5 cm³/mol. The molecule has 0 atom stereocenters. The highest BCUT2D eigenvalue weighted by Gasteiger charge is 2.14. The molecule has 6 nitrogen and oxygen atoms in total.